The number of carbonyl (C=O) groups is 1. The van der Waals surface area contributed by atoms with Crippen LogP contribution in [0, 0.1) is 0 Å². The number of likely N-dealkylation sites (tertiary alicyclic amines) is 1. The number of ether oxygens (including phenoxy) is 2. The van der Waals surface area contributed by atoms with Crippen LogP contribution in [-0.2, 0) is 4.79 Å². The monoisotopic (exact) mass is 374 g/mol. The fraction of sp³-hybridized carbons (Fsp3) is 0.190. The first kappa shape index (κ1) is 16.6. The number of fused-ring (bicyclic) bond motifs is 1. The molecule has 0 spiro atoms. The van der Waals surface area contributed by atoms with Crippen molar-refractivity contribution in [3.63, 3.8) is 0 Å². The van der Waals surface area contributed by atoms with Gasteiger partial charge in [-0.15, -0.1) is 5.10 Å². The summed E-state index contributed by atoms with van der Waals surface area (Å²) in [5.74, 6) is 1.42. The number of nitrogens with zero attached hydrogens (tertiary/aromatic N) is 4. The third-order valence-corrected chi connectivity index (χ3v) is 4.94. The molecule has 2 aromatic carbocycles. The van der Waals surface area contributed by atoms with E-state index in [9.17, 15) is 4.79 Å². The van der Waals surface area contributed by atoms with Gasteiger partial charge in [0.1, 0.15) is 5.69 Å². The molecule has 0 unspecified atom stereocenters. The standard InChI is InChI=1S/C21H18N4O3/c26-21(9-7-15-6-8-19-20(10-15)28-14-27-19)24-11-17(12-24)25-13-18(22-23-25)16-4-2-1-3-5-16/h1-10,13,17H,11-12,14H2. The average Bonchev–Trinajstić information content (AvgIpc) is 3.35. The van der Waals surface area contributed by atoms with Gasteiger partial charge in [-0.05, 0) is 23.8 Å². The van der Waals surface area contributed by atoms with Gasteiger partial charge < -0.3 is 14.4 Å². The Hall–Kier alpha value is -3.61. The van der Waals surface area contributed by atoms with E-state index in [-0.39, 0.29) is 18.7 Å². The summed E-state index contributed by atoms with van der Waals surface area (Å²) in [4.78, 5) is 14.2. The summed E-state index contributed by atoms with van der Waals surface area (Å²) in [7, 11) is 0. The third-order valence-electron chi connectivity index (χ3n) is 4.94. The van der Waals surface area contributed by atoms with Crippen molar-refractivity contribution in [1.82, 2.24) is 19.9 Å². The summed E-state index contributed by atoms with van der Waals surface area (Å²) in [6, 6.07) is 15.7. The summed E-state index contributed by atoms with van der Waals surface area (Å²) < 4.78 is 12.5. The molecule has 0 atom stereocenters. The number of hydrogen-bond donors (Lipinski definition) is 0. The Bertz CT molecular complexity index is 1040. The Labute approximate surface area is 161 Å². The molecule has 0 aliphatic carbocycles. The second-order valence-electron chi connectivity index (χ2n) is 6.79. The Morgan fingerprint density at radius 3 is 2.75 bits per heavy atom. The molecule has 2 aliphatic heterocycles. The van der Waals surface area contributed by atoms with Gasteiger partial charge in [0.15, 0.2) is 11.5 Å². The fourth-order valence-corrected chi connectivity index (χ4v) is 3.29. The normalized spacial score (nSPS) is 15.8. The summed E-state index contributed by atoms with van der Waals surface area (Å²) in [6.45, 7) is 1.49. The molecule has 1 saturated heterocycles. The highest BCUT2D eigenvalue weighted by molar-refractivity contribution is 5.92. The molecule has 7 heteroatoms. The van der Waals surface area contributed by atoms with E-state index in [0.29, 0.717) is 18.8 Å². The van der Waals surface area contributed by atoms with Gasteiger partial charge >= 0.3 is 0 Å². The number of hydrogen-bond acceptors (Lipinski definition) is 5. The summed E-state index contributed by atoms with van der Waals surface area (Å²) in [5.41, 5.74) is 2.78. The lowest BCUT2D eigenvalue weighted by Crippen LogP contribution is -2.50. The molecule has 1 amide bonds. The zero-order valence-corrected chi connectivity index (χ0v) is 15.1. The van der Waals surface area contributed by atoms with Crippen molar-refractivity contribution in [2.24, 2.45) is 0 Å². The smallest absolute Gasteiger partial charge is 0.246 e. The van der Waals surface area contributed by atoms with Gasteiger partial charge in [-0.3, -0.25) is 4.79 Å². The van der Waals surface area contributed by atoms with Crippen molar-refractivity contribution < 1.29 is 14.3 Å². The molecule has 0 radical (unpaired) electrons. The minimum Gasteiger partial charge on any atom is -0.454 e. The van der Waals surface area contributed by atoms with Crippen LogP contribution < -0.4 is 9.47 Å². The van der Waals surface area contributed by atoms with Gasteiger partial charge in [0.05, 0.1) is 12.2 Å². The zero-order valence-electron chi connectivity index (χ0n) is 15.1. The molecular formula is C21H18N4O3. The van der Waals surface area contributed by atoms with Crippen LogP contribution in [-0.4, -0.2) is 45.7 Å². The molecule has 140 valence electrons. The van der Waals surface area contributed by atoms with E-state index in [2.05, 4.69) is 10.3 Å². The predicted molar refractivity (Wildman–Crippen MR) is 103 cm³/mol. The highest BCUT2D eigenvalue weighted by atomic mass is 16.7. The number of aromatic nitrogens is 3. The van der Waals surface area contributed by atoms with Crippen LogP contribution in [0.15, 0.2) is 60.8 Å². The highest BCUT2D eigenvalue weighted by Crippen LogP contribution is 2.33. The fourth-order valence-electron chi connectivity index (χ4n) is 3.29. The van der Waals surface area contributed by atoms with Gasteiger partial charge in [0, 0.05) is 24.7 Å². The van der Waals surface area contributed by atoms with Crippen molar-refractivity contribution in [1.29, 1.82) is 0 Å². The maximum Gasteiger partial charge on any atom is 0.246 e. The lowest BCUT2D eigenvalue weighted by molar-refractivity contribution is -0.131. The Balaban J connectivity index is 1.19. The second-order valence-corrected chi connectivity index (χ2v) is 6.79. The third kappa shape index (κ3) is 3.11. The Kier molecular flexibility index (Phi) is 4.05. The average molecular weight is 374 g/mol. The van der Waals surface area contributed by atoms with Crippen LogP contribution in [0.5, 0.6) is 11.5 Å². The lowest BCUT2D eigenvalue weighted by atomic mass is 10.1. The van der Waals surface area contributed by atoms with Crippen molar-refractivity contribution in [3.8, 4) is 22.8 Å². The first-order valence-electron chi connectivity index (χ1n) is 9.10. The van der Waals surface area contributed by atoms with E-state index in [1.807, 2.05) is 59.4 Å². The summed E-state index contributed by atoms with van der Waals surface area (Å²) in [5, 5.41) is 8.46. The predicted octanol–water partition coefficient (Wildman–Crippen LogP) is 2.77. The minimum atomic E-state index is -0.0164. The molecule has 0 saturated carbocycles. The van der Waals surface area contributed by atoms with Crippen LogP contribution in [0.4, 0.5) is 0 Å². The van der Waals surface area contributed by atoms with Crippen LogP contribution >= 0.6 is 0 Å². The van der Waals surface area contributed by atoms with E-state index in [4.69, 9.17) is 9.47 Å². The van der Waals surface area contributed by atoms with Crippen molar-refractivity contribution in [3.05, 3.63) is 66.4 Å². The topological polar surface area (TPSA) is 69.5 Å². The minimum absolute atomic E-state index is 0.0164. The van der Waals surface area contributed by atoms with E-state index in [1.54, 1.807) is 17.1 Å². The number of amides is 1. The van der Waals surface area contributed by atoms with Crippen molar-refractivity contribution in [2.45, 2.75) is 6.04 Å². The quantitative estimate of drug-likeness (QED) is 0.657. The molecule has 0 N–H and O–H groups in total. The van der Waals surface area contributed by atoms with E-state index in [0.717, 1.165) is 22.6 Å². The van der Waals surface area contributed by atoms with Gasteiger partial charge in [-0.2, -0.15) is 0 Å². The van der Waals surface area contributed by atoms with Crippen molar-refractivity contribution in [2.75, 3.05) is 19.9 Å². The molecule has 0 bridgehead atoms. The van der Waals surface area contributed by atoms with Gasteiger partial charge in [0.25, 0.3) is 0 Å². The molecule has 1 fully saturated rings. The molecule has 28 heavy (non-hydrogen) atoms. The van der Waals surface area contributed by atoms with Gasteiger partial charge in [0.2, 0.25) is 12.7 Å². The molecule has 5 rings (SSSR count). The maximum absolute atomic E-state index is 12.4. The molecular weight excluding hydrogens is 356 g/mol. The number of carbonyl (C=O) groups excluding carboxylic acids is 1. The molecule has 3 aromatic rings. The molecule has 7 nitrogen and oxygen atoms in total. The van der Waals surface area contributed by atoms with Crippen LogP contribution in [0.3, 0.4) is 0 Å². The van der Waals surface area contributed by atoms with Gasteiger partial charge in [-0.1, -0.05) is 41.6 Å². The number of rotatable bonds is 4. The highest BCUT2D eigenvalue weighted by Gasteiger charge is 2.31. The molecule has 3 heterocycles. The van der Waals surface area contributed by atoms with Crippen molar-refractivity contribution >= 4 is 12.0 Å². The number of benzene rings is 2. The SMILES string of the molecule is O=C(C=Cc1ccc2c(c1)OCO2)N1CC(n2cc(-c3ccccc3)nn2)C1. The largest absolute Gasteiger partial charge is 0.454 e. The Morgan fingerprint density at radius 1 is 1.07 bits per heavy atom. The first-order valence-corrected chi connectivity index (χ1v) is 9.10. The zero-order chi connectivity index (χ0) is 18.9. The second kappa shape index (κ2) is 6.84. The van der Waals surface area contributed by atoms with Gasteiger partial charge in [-0.25, -0.2) is 4.68 Å². The summed E-state index contributed by atoms with van der Waals surface area (Å²) in [6.07, 6.45) is 5.31. The maximum atomic E-state index is 12.4. The van der Waals surface area contributed by atoms with Crippen LogP contribution in [0.25, 0.3) is 17.3 Å². The lowest BCUT2D eigenvalue weighted by Gasteiger charge is -2.38. The molecule has 1 aromatic heterocycles. The van der Waals surface area contributed by atoms with E-state index in [1.165, 1.54) is 0 Å². The summed E-state index contributed by atoms with van der Waals surface area (Å²) >= 11 is 0. The van der Waals surface area contributed by atoms with E-state index < -0.39 is 0 Å². The van der Waals surface area contributed by atoms with E-state index >= 15 is 0 Å². The first-order chi connectivity index (χ1) is 13.8. The molecule has 2 aliphatic rings. The Morgan fingerprint density at radius 2 is 1.89 bits per heavy atom. The van der Waals surface area contributed by atoms with Crippen LogP contribution in [0.1, 0.15) is 11.6 Å². The van der Waals surface area contributed by atoms with Crippen LogP contribution in [0.2, 0.25) is 0 Å².